The maximum absolute atomic E-state index is 11.8. The summed E-state index contributed by atoms with van der Waals surface area (Å²) in [7, 11) is 0. The summed E-state index contributed by atoms with van der Waals surface area (Å²) in [6, 6.07) is 8.46. The molecule has 0 atom stereocenters. The Balaban J connectivity index is 2.96. The Bertz CT molecular complexity index is 968. The van der Waals surface area contributed by atoms with Crippen molar-refractivity contribution in [1.29, 1.82) is 0 Å². The van der Waals surface area contributed by atoms with Crippen molar-refractivity contribution in [3.63, 3.8) is 0 Å². The Morgan fingerprint density at radius 2 is 1.03 bits per heavy atom. The van der Waals surface area contributed by atoms with Gasteiger partial charge in [0.05, 0.1) is 12.8 Å². The zero-order valence-corrected chi connectivity index (χ0v) is 20.7. The molecule has 0 saturated carbocycles. The van der Waals surface area contributed by atoms with E-state index in [-0.39, 0.29) is 30.6 Å². The van der Waals surface area contributed by atoms with Gasteiger partial charge >= 0.3 is 11.9 Å². The average molecular weight is 439 g/mol. The standard InChI is InChI=1S/C28H38O4/c1-15(2)19-9-21(16(3)4)26(14-28(31)32)24(10-19)20-11-22(17(5)6)25(13-27(29)30)23(12-20)18(7)8/h9-12,15-18H,13-14H2,1-8H3,(H,29,30)(H,31,32). The Hall–Kier alpha value is -2.62. The Labute approximate surface area is 192 Å². The monoisotopic (exact) mass is 438 g/mol. The molecule has 0 bridgehead atoms. The van der Waals surface area contributed by atoms with E-state index in [9.17, 15) is 19.8 Å². The molecule has 0 aliphatic heterocycles. The van der Waals surface area contributed by atoms with Crippen LogP contribution in [0.4, 0.5) is 0 Å². The molecule has 0 spiro atoms. The van der Waals surface area contributed by atoms with E-state index in [1.807, 2.05) is 0 Å². The van der Waals surface area contributed by atoms with Gasteiger partial charge in [0.15, 0.2) is 0 Å². The fourth-order valence-corrected chi connectivity index (χ4v) is 4.43. The van der Waals surface area contributed by atoms with Gasteiger partial charge < -0.3 is 10.2 Å². The third-order valence-electron chi connectivity index (χ3n) is 6.13. The normalized spacial score (nSPS) is 11.8. The Morgan fingerprint density at radius 3 is 1.41 bits per heavy atom. The van der Waals surface area contributed by atoms with Gasteiger partial charge in [-0.2, -0.15) is 0 Å². The molecule has 0 heterocycles. The van der Waals surface area contributed by atoms with Crippen molar-refractivity contribution in [2.45, 2.75) is 91.9 Å². The molecule has 2 aromatic rings. The molecule has 2 aromatic carbocycles. The van der Waals surface area contributed by atoms with Crippen LogP contribution in [0.2, 0.25) is 0 Å². The molecular formula is C28H38O4. The zero-order chi connectivity index (χ0) is 24.3. The molecule has 4 heteroatoms. The number of hydrogen-bond donors (Lipinski definition) is 2. The summed E-state index contributed by atoms with van der Waals surface area (Å²) >= 11 is 0. The predicted octanol–water partition coefficient (Wildman–Crippen LogP) is 7.10. The lowest BCUT2D eigenvalue weighted by Gasteiger charge is -2.24. The van der Waals surface area contributed by atoms with E-state index >= 15 is 0 Å². The molecule has 0 aliphatic rings. The van der Waals surface area contributed by atoms with Gasteiger partial charge in [0.2, 0.25) is 0 Å². The highest BCUT2D eigenvalue weighted by Crippen LogP contribution is 2.39. The first kappa shape index (κ1) is 25.6. The lowest BCUT2D eigenvalue weighted by Crippen LogP contribution is -2.12. The van der Waals surface area contributed by atoms with Crippen LogP contribution in [-0.4, -0.2) is 22.2 Å². The summed E-state index contributed by atoms with van der Waals surface area (Å²) in [6.45, 7) is 16.8. The molecule has 2 N–H and O–H groups in total. The van der Waals surface area contributed by atoms with E-state index in [0.717, 1.165) is 38.9 Å². The summed E-state index contributed by atoms with van der Waals surface area (Å²) in [5.74, 6) is -0.865. The molecule has 0 aliphatic carbocycles. The maximum Gasteiger partial charge on any atom is 0.307 e. The van der Waals surface area contributed by atoms with Gasteiger partial charge in [-0.25, -0.2) is 0 Å². The molecule has 32 heavy (non-hydrogen) atoms. The zero-order valence-electron chi connectivity index (χ0n) is 20.7. The van der Waals surface area contributed by atoms with Crippen LogP contribution in [0.3, 0.4) is 0 Å². The minimum absolute atomic E-state index is 0.00737. The van der Waals surface area contributed by atoms with Gasteiger partial charge in [-0.1, -0.05) is 79.7 Å². The summed E-state index contributed by atoms with van der Waals surface area (Å²) in [5.41, 5.74) is 7.97. The fraction of sp³-hybridized carbons (Fsp3) is 0.500. The second kappa shape index (κ2) is 10.3. The lowest BCUT2D eigenvalue weighted by atomic mass is 9.80. The second-order valence-corrected chi connectivity index (χ2v) is 10.0. The highest BCUT2D eigenvalue weighted by Gasteiger charge is 2.22. The maximum atomic E-state index is 11.8. The second-order valence-electron chi connectivity index (χ2n) is 10.0. The minimum atomic E-state index is -0.846. The van der Waals surface area contributed by atoms with E-state index in [2.05, 4.69) is 79.7 Å². The SMILES string of the molecule is CC(C)c1cc(-c2cc(C(C)C)c(CC(=O)O)c(C(C)C)c2)c(CC(=O)O)c(C(C)C)c1. The van der Waals surface area contributed by atoms with Crippen molar-refractivity contribution in [2.75, 3.05) is 0 Å². The fourth-order valence-electron chi connectivity index (χ4n) is 4.43. The Morgan fingerprint density at radius 1 is 0.625 bits per heavy atom. The first-order chi connectivity index (χ1) is 14.8. The predicted molar refractivity (Wildman–Crippen MR) is 131 cm³/mol. The van der Waals surface area contributed by atoms with Crippen LogP contribution in [0, 0.1) is 0 Å². The van der Waals surface area contributed by atoms with Crippen LogP contribution < -0.4 is 0 Å². The molecule has 2 rings (SSSR count). The highest BCUT2D eigenvalue weighted by molar-refractivity contribution is 5.80. The van der Waals surface area contributed by atoms with E-state index in [1.165, 1.54) is 5.56 Å². The van der Waals surface area contributed by atoms with Crippen molar-refractivity contribution in [3.05, 3.63) is 57.6 Å². The number of rotatable bonds is 9. The van der Waals surface area contributed by atoms with Crippen LogP contribution in [0.25, 0.3) is 11.1 Å². The van der Waals surface area contributed by atoms with Gasteiger partial charge in [0.25, 0.3) is 0 Å². The minimum Gasteiger partial charge on any atom is -0.481 e. The van der Waals surface area contributed by atoms with Gasteiger partial charge in [0, 0.05) is 0 Å². The summed E-state index contributed by atoms with van der Waals surface area (Å²) < 4.78 is 0. The van der Waals surface area contributed by atoms with E-state index in [0.29, 0.717) is 5.92 Å². The average Bonchev–Trinajstić information content (AvgIpc) is 2.66. The lowest BCUT2D eigenvalue weighted by molar-refractivity contribution is -0.137. The van der Waals surface area contributed by atoms with Crippen molar-refractivity contribution in [3.8, 4) is 11.1 Å². The number of carboxylic acids is 2. The van der Waals surface area contributed by atoms with Crippen LogP contribution in [0.15, 0.2) is 24.3 Å². The number of benzene rings is 2. The van der Waals surface area contributed by atoms with Gasteiger partial charge in [0.1, 0.15) is 0 Å². The molecule has 174 valence electrons. The van der Waals surface area contributed by atoms with E-state index < -0.39 is 11.9 Å². The topological polar surface area (TPSA) is 74.6 Å². The largest absolute Gasteiger partial charge is 0.481 e. The summed E-state index contributed by atoms with van der Waals surface area (Å²) in [4.78, 5) is 23.4. The van der Waals surface area contributed by atoms with Crippen molar-refractivity contribution in [2.24, 2.45) is 0 Å². The molecule has 0 saturated heterocycles. The van der Waals surface area contributed by atoms with Gasteiger partial charge in [-0.3, -0.25) is 9.59 Å². The molecule has 0 unspecified atom stereocenters. The number of aliphatic carboxylic acids is 2. The molecule has 4 nitrogen and oxygen atoms in total. The van der Waals surface area contributed by atoms with Crippen molar-refractivity contribution < 1.29 is 19.8 Å². The van der Waals surface area contributed by atoms with Crippen molar-refractivity contribution in [1.82, 2.24) is 0 Å². The van der Waals surface area contributed by atoms with Crippen LogP contribution >= 0.6 is 0 Å². The van der Waals surface area contributed by atoms with E-state index in [4.69, 9.17) is 0 Å². The third kappa shape index (κ3) is 5.79. The smallest absolute Gasteiger partial charge is 0.307 e. The first-order valence-electron chi connectivity index (χ1n) is 11.6. The molecule has 0 aromatic heterocycles. The summed E-state index contributed by atoms with van der Waals surface area (Å²) in [6.07, 6.45) is -0.0430. The van der Waals surface area contributed by atoms with Crippen LogP contribution in [0.5, 0.6) is 0 Å². The van der Waals surface area contributed by atoms with Gasteiger partial charge in [-0.15, -0.1) is 0 Å². The number of carbonyl (C=O) groups is 2. The van der Waals surface area contributed by atoms with Gasteiger partial charge in [-0.05, 0) is 68.2 Å². The quantitative estimate of drug-likeness (QED) is 0.438. The number of hydrogen-bond acceptors (Lipinski definition) is 2. The molecule has 0 fully saturated rings. The number of carboxylic acid groups (broad SMARTS) is 2. The highest BCUT2D eigenvalue weighted by atomic mass is 16.4. The molecular weight excluding hydrogens is 400 g/mol. The summed E-state index contributed by atoms with van der Waals surface area (Å²) in [5, 5.41) is 19.2. The molecule has 0 amide bonds. The van der Waals surface area contributed by atoms with Crippen LogP contribution in [0.1, 0.15) is 112 Å². The Kier molecular flexibility index (Phi) is 8.28. The van der Waals surface area contributed by atoms with E-state index in [1.54, 1.807) is 0 Å². The van der Waals surface area contributed by atoms with Crippen molar-refractivity contribution >= 4 is 11.9 Å². The third-order valence-corrected chi connectivity index (χ3v) is 6.13. The first-order valence-corrected chi connectivity index (χ1v) is 11.6. The molecule has 0 radical (unpaired) electrons. The van der Waals surface area contributed by atoms with Crippen LogP contribution in [-0.2, 0) is 22.4 Å².